The lowest BCUT2D eigenvalue weighted by atomic mass is 10.1. The number of aryl methyl sites for hydroxylation is 1. The lowest BCUT2D eigenvalue weighted by Crippen LogP contribution is -2.32. The molecule has 4 nitrogen and oxygen atoms in total. The highest BCUT2D eigenvalue weighted by Gasteiger charge is 2.14. The van der Waals surface area contributed by atoms with Gasteiger partial charge in [0.25, 0.3) is 5.56 Å². The van der Waals surface area contributed by atoms with Gasteiger partial charge in [-0.2, -0.15) is 0 Å². The van der Waals surface area contributed by atoms with Crippen molar-refractivity contribution < 1.29 is 0 Å². The first kappa shape index (κ1) is 13.7. The standard InChI is InChI=1S/C15H21N3O/c1-5-12(9-17(3)4)18-10-16-13-8-6-7-11(2)14(13)15(18)19/h6-8,10,12H,5,9H2,1-4H3/t12-/m0/s1. The molecular formula is C15H21N3O. The number of hydrogen-bond acceptors (Lipinski definition) is 3. The fourth-order valence-electron chi connectivity index (χ4n) is 2.44. The molecule has 0 unspecified atom stereocenters. The van der Waals surface area contributed by atoms with E-state index < -0.39 is 0 Å². The second-order valence-corrected chi connectivity index (χ2v) is 5.25. The van der Waals surface area contributed by atoms with Crippen molar-refractivity contribution in [3.63, 3.8) is 0 Å². The van der Waals surface area contributed by atoms with Crippen LogP contribution in [0.25, 0.3) is 10.9 Å². The Balaban J connectivity index is 2.59. The number of fused-ring (bicyclic) bond motifs is 1. The van der Waals surface area contributed by atoms with Crippen molar-refractivity contribution in [1.82, 2.24) is 14.5 Å². The molecule has 0 N–H and O–H groups in total. The molecule has 2 aromatic rings. The lowest BCUT2D eigenvalue weighted by Gasteiger charge is -2.22. The van der Waals surface area contributed by atoms with E-state index in [-0.39, 0.29) is 11.6 Å². The molecule has 0 saturated carbocycles. The van der Waals surface area contributed by atoms with Crippen molar-refractivity contribution in [3.05, 3.63) is 40.4 Å². The first-order valence-corrected chi connectivity index (χ1v) is 6.65. The summed E-state index contributed by atoms with van der Waals surface area (Å²) in [6.07, 6.45) is 2.60. The highest BCUT2D eigenvalue weighted by Crippen LogP contribution is 2.15. The quantitative estimate of drug-likeness (QED) is 0.845. The van der Waals surface area contributed by atoms with Gasteiger partial charge in [0.05, 0.1) is 23.3 Å². The van der Waals surface area contributed by atoms with E-state index in [0.29, 0.717) is 0 Å². The third-order valence-corrected chi connectivity index (χ3v) is 3.46. The molecule has 0 radical (unpaired) electrons. The zero-order chi connectivity index (χ0) is 14.0. The molecule has 2 rings (SSSR count). The highest BCUT2D eigenvalue weighted by molar-refractivity contribution is 5.80. The van der Waals surface area contributed by atoms with Crippen LogP contribution < -0.4 is 5.56 Å². The normalized spacial score (nSPS) is 13.1. The summed E-state index contributed by atoms with van der Waals surface area (Å²) >= 11 is 0. The maximum absolute atomic E-state index is 12.6. The van der Waals surface area contributed by atoms with Crippen molar-refractivity contribution in [2.75, 3.05) is 20.6 Å². The predicted molar refractivity (Wildman–Crippen MR) is 78.6 cm³/mol. The fourth-order valence-corrected chi connectivity index (χ4v) is 2.44. The van der Waals surface area contributed by atoms with Gasteiger partial charge in [0, 0.05) is 6.54 Å². The minimum Gasteiger partial charge on any atom is -0.307 e. The molecule has 1 heterocycles. The van der Waals surface area contributed by atoms with Crippen LogP contribution in [-0.4, -0.2) is 35.1 Å². The zero-order valence-corrected chi connectivity index (χ0v) is 12.1. The molecule has 0 bridgehead atoms. The Morgan fingerprint density at radius 2 is 2.11 bits per heavy atom. The molecule has 0 aliphatic carbocycles. The maximum atomic E-state index is 12.6. The Morgan fingerprint density at radius 3 is 2.74 bits per heavy atom. The Labute approximate surface area is 113 Å². The molecule has 1 aromatic heterocycles. The summed E-state index contributed by atoms with van der Waals surface area (Å²) in [7, 11) is 4.04. The van der Waals surface area contributed by atoms with Crippen LogP contribution in [0.1, 0.15) is 24.9 Å². The second-order valence-electron chi connectivity index (χ2n) is 5.25. The Morgan fingerprint density at radius 1 is 1.37 bits per heavy atom. The molecule has 0 amide bonds. The van der Waals surface area contributed by atoms with Gasteiger partial charge in [-0.25, -0.2) is 4.98 Å². The summed E-state index contributed by atoms with van der Waals surface area (Å²) in [5.74, 6) is 0. The van der Waals surface area contributed by atoms with Crippen LogP contribution in [0, 0.1) is 6.92 Å². The van der Waals surface area contributed by atoms with E-state index in [9.17, 15) is 4.79 Å². The van der Waals surface area contributed by atoms with E-state index in [4.69, 9.17) is 0 Å². The van der Waals surface area contributed by atoms with Gasteiger partial charge < -0.3 is 4.90 Å². The van der Waals surface area contributed by atoms with Crippen molar-refractivity contribution in [2.24, 2.45) is 0 Å². The maximum Gasteiger partial charge on any atom is 0.261 e. The number of benzene rings is 1. The monoisotopic (exact) mass is 259 g/mol. The molecule has 0 saturated heterocycles. The van der Waals surface area contributed by atoms with Crippen molar-refractivity contribution in [2.45, 2.75) is 26.3 Å². The smallest absolute Gasteiger partial charge is 0.261 e. The van der Waals surface area contributed by atoms with Crippen molar-refractivity contribution >= 4 is 10.9 Å². The minimum absolute atomic E-state index is 0.0665. The first-order valence-electron chi connectivity index (χ1n) is 6.65. The Bertz CT molecular complexity index is 631. The summed E-state index contributed by atoms with van der Waals surface area (Å²) in [4.78, 5) is 19.2. The van der Waals surface area contributed by atoms with E-state index in [1.54, 1.807) is 10.9 Å². The minimum atomic E-state index is 0.0665. The topological polar surface area (TPSA) is 38.1 Å². The summed E-state index contributed by atoms with van der Waals surface area (Å²) < 4.78 is 1.77. The summed E-state index contributed by atoms with van der Waals surface area (Å²) in [5.41, 5.74) is 1.84. The van der Waals surface area contributed by atoms with Crippen LogP contribution in [0.2, 0.25) is 0 Å². The van der Waals surface area contributed by atoms with E-state index in [1.807, 2.05) is 39.2 Å². The highest BCUT2D eigenvalue weighted by atomic mass is 16.1. The third kappa shape index (κ3) is 2.68. The van der Waals surface area contributed by atoms with E-state index in [2.05, 4.69) is 16.8 Å². The molecule has 4 heteroatoms. The number of aromatic nitrogens is 2. The van der Waals surface area contributed by atoms with Crippen LogP contribution in [0.15, 0.2) is 29.3 Å². The van der Waals surface area contributed by atoms with Gasteiger partial charge in [-0.15, -0.1) is 0 Å². The van der Waals surface area contributed by atoms with E-state index in [1.165, 1.54) is 0 Å². The van der Waals surface area contributed by atoms with Crippen LogP contribution in [-0.2, 0) is 0 Å². The van der Waals surface area contributed by atoms with Crippen LogP contribution >= 0.6 is 0 Å². The predicted octanol–water partition coefficient (Wildman–Crippen LogP) is 2.22. The molecule has 0 aliphatic heterocycles. The number of likely N-dealkylation sites (N-methyl/N-ethyl adjacent to an activating group) is 1. The zero-order valence-electron chi connectivity index (χ0n) is 12.1. The van der Waals surface area contributed by atoms with Gasteiger partial charge >= 0.3 is 0 Å². The molecule has 1 atom stereocenters. The van der Waals surface area contributed by atoms with Crippen LogP contribution in [0.3, 0.4) is 0 Å². The molecule has 0 fully saturated rings. The van der Waals surface area contributed by atoms with Gasteiger partial charge in [0.1, 0.15) is 0 Å². The van der Waals surface area contributed by atoms with Gasteiger partial charge in [0.15, 0.2) is 0 Å². The molecular weight excluding hydrogens is 238 g/mol. The molecule has 102 valence electrons. The Kier molecular flexibility index (Phi) is 4.00. The summed E-state index contributed by atoms with van der Waals surface area (Å²) in [6, 6.07) is 5.95. The van der Waals surface area contributed by atoms with Gasteiger partial charge in [-0.3, -0.25) is 9.36 Å². The van der Waals surface area contributed by atoms with Gasteiger partial charge in [0.2, 0.25) is 0 Å². The molecule has 1 aromatic carbocycles. The van der Waals surface area contributed by atoms with Gasteiger partial charge in [-0.1, -0.05) is 19.1 Å². The first-order chi connectivity index (χ1) is 9.04. The SMILES string of the molecule is CC[C@@H](CN(C)C)n1cnc2cccc(C)c2c1=O. The number of rotatable bonds is 4. The van der Waals surface area contributed by atoms with Crippen LogP contribution in [0.4, 0.5) is 0 Å². The van der Waals surface area contributed by atoms with Crippen molar-refractivity contribution in [3.8, 4) is 0 Å². The van der Waals surface area contributed by atoms with Gasteiger partial charge in [-0.05, 0) is 39.1 Å². The third-order valence-electron chi connectivity index (χ3n) is 3.46. The van der Waals surface area contributed by atoms with Crippen LogP contribution in [0.5, 0.6) is 0 Å². The average molecular weight is 259 g/mol. The largest absolute Gasteiger partial charge is 0.307 e. The lowest BCUT2D eigenvalue weighted by molar-refractivity contribution is 0.311. The molecule has 19 heavy (non-hydrogen) atoms. The van der Waals surface area contributed by atoms with E-state index >= 15 is 0 Å². The average Bonchev–Trinajstić information content (AvgIpc) is 2.36. The van der Waals surface area contributed by atoms with E-state index in [0.717, 1.165) is 29.4 Å². The van der Waals surface area contributed by atoms with Crippen molar-refractivity contribution in [1.29, 1.82) is 0 Å². The number of hydrogen-bond donors (Lipinski definition) is 0. The molecule has 0 spiro atoms. The summed E-state index contributed by atoms with van der Waals surface area (Å²) in [6.45, 7) is 4.90. The Hall–Kier alpha value is -1.68. The number of nitrogens with zero attached hydrogens (tertiary/aromatic N) is 3. The summed E-state index contributed by atoms with van der Waals surface area (Å²) in [5, 5.41) is 0.738. The molecule has 0 aliphatic rings. The second kappa shape index (κ2) is 5.53. The fraction of sp³-hybridized carbons (Fsp3) is 0.467.